The summed E-state index contributed by atoms with van der Waals surface area (Å²) in [7, 11) is 0. The number of ether oxygens (including phenoxy) is 1. The van der Waals surface area contributed by atoms with Crippen LogP contribution in [-0.2, 0) is 9.53 Å². The minimum atomic E-state index is -0.875. The topological polar surface area (TPSA) is 55.6 Å². The first kappa shape index (κ1) is 15.6. The van der Waals surface area contributed by atoms with Crippen molar-refractivity contribution in [2.24, 2.45) is 5.73 Å². The van der Waals surface area contributed by atoms with Crippen molar-refractivity contribution in [3.05, 3.63) is 33.8 Å². The number of rotatable bonds is 2. The van der Waals surface area contributed by atoms with Crippen LogP contribution in [0.2, 0.25) is 10.0 Å². The van der Waals surface area contributed by atoms with Gasteiger partial charge in [0.1, 0.15) is 6.10 Å². The summed E-state index contributed by atoms with van der Waals surface area (Å²) in [5.74, 6) is -0.0779. The number of benzene rings is 1. The van der Waals surface area contributed by atoms with Crippen LogP contribution in [-0.4, -0.2) is 36.0 Å². The van der Waals surface area contributed by atoms with Crippen molar-refractivity contribution in [2.45, 2.75) is 25.5 Å². The van der Waals surface area contributed by atoms with E-state index < -0.39 is 5.54 Å². The van der Waals surface area contributed by atoms with E-state index in [4.69, 9.17) is 33.7 Å². The molecule has 1 heterocycles. The molecule has 0 aromatic heterocycles. The average Bonchev–Trinajstić information content (AvgIpc) is 2.40. The lowest BCUT2D eigenvalue weighted by Gasteiger charge is -2.36. The van der Waals surface area contributed by atoms with Crippen molar-refractivity contribution in [1.82, 2.24) is 4.90 Å². The lowest BCUT2D eigenvalue weighted by atomic mass is 10.0. The summed E-state index contributed by atoms with van der Waals surface area (Å²) < 4.78 is 5.72. The van der Waals surface area contributed by atoms with Crippen molar-refractivity contribution in [2.75, 3.05) is 19.7 Å². The van der Waals surface area contributed by atoms with Crippen LogP contribution in [0, 0.1) is 0 Å². The molecule has 0 radical (unpaired) electrons. The van der Waals surface area contributed by atoms with Gasteiger partial charge in [-0.2, -0.15) is 0 Å². The van der Waals surface area contributed by atoms with Crippen LogP contribution < -0.4 is 5.73 Å². The number of morpholine rings is 1. The normalized spacial score (nSPS) is 20.1. The third-order valence-corrected chi connectivity index (χ3v) is 3.96. The quantitative estimate of drug-likeness (QED) is 0.912. The lowest BCUT2D eigenvalue weighted by molar-refractivity contribution is -0.143. The largest absolute Gasteiger partial charge is 0.370 e. The third-order valence-electron chi connectivity index (χ3n) is 3.22. The fourth-order valence-electron chi connectivity index (χ4n) is 2.16. The molecule has 0 saturated carbocycles. The maximum Gasteiger partial charge on any atom is 0.242 e. The molecule has 0 spiro atoms. The Hall–Kier alpha value is -0.810. The summed E-state index contributed by atoms with van der Waals surface area (Å²) in [4.78, 5) is 13.9. The number of nitrogens with two attached hydrogens (primary N) is 1. The van der Waals surface area contributed by atoms with Gasteiger partial charge in [-0.3, -0.25) is 4.79 Å². The number of hydrogen-bond donors (Lipinski definition) is 1. The number of halogens is 2. The second-order valence-corrected chi connectivity index (χ2v) is 6.32. The lowest BCUT2D eigenvalue weighted by Crippen LogP contribution is -2.54. The summed E-state index contributed by atoms with van der Waals surface area (Å²) in [6.45, 7) is 4.92. The summed E-state index contributed by atoms with van der Waals surface area (Å²) in [6, 6.07) is 5.37. The van der Waals surface area contributed by atoms with Gasteiger partial charge in [0.15, 0.2) is 0 Å². The molecule has 1 aliphatic rings. The monoisotopic (exact) mass is 316 g/mol. The first-order valence-electron chi connectivity index (χ1n) is 6.44. The number of carbonyl (C=O) groups is 1. The highest BCUT2D eigenvalue weighted by molar-refractivity contribution is 6.42. The average molecular weight is 317 g/mol. The van der Waals surface area contributed by atoms with Gasteiger partial charge in [0.25, 0.3) is 0 Å². The van der Waals surface area contributed by atoms with Crippen molar-refractivity contribution in [3.63, 3.8) is 0 Å². The van der Waals surface area contributed by atoms with E-state index in [9.17, 15) is 4.79 Å². The Morgan fingerprint density at radius 1 is 1.40 bits per heavy atom. The Morgan fingerprint density at radius 2 is 2.10 bits per heavy atom. The molecule has 1 atom stereocenters. The molecule has 0 aliphatic carbocycles. The summed E-state index contributed by atoms with van der Waals surface area (Å²) in [6.07, 6.45) is -0.204. The first-order valence-corrected chi connectivity index (χ1v) is 7.19. The van der Waals surface area contributed by atoms with Gasteiger partial charge in [0, 0.05) is 6.54 Å². The molecule has 1 saturated heterocycles. The molecule has 6 heteroatoms. The van der Waals surface area contributed by atoms with Gasteiger partial charge in [-0.25, -0.2) is 0 Å². The summed E-state index contributed by atoms with van der Waals surface area (Å²) >= 11 is 11.9. The predicted octanol–water partition coefficient (Wildman–Crippen LogP) is 2.63. The molecular formula is C14H18Cl2N2O2. The second kappa shape index (κ2) is 5.90. The van der Waals surface area contributed by atoms with Crippen LogP contribution in [0.15, 0.2) is 18.2 Å². The Kier molecular flexibility index (Phi) is 4.59. The summed E-state index contributed by atoms with van der Waals surface area (Å²) in [5, 5.41) is 0.984. The van der Waals surface area contributed by atoms with E-state index in [1.165, 1.54) is 0 Å². The van der Waals surface area contributed by atoms with Crippen LogP contribution in [0.1, 0.15) is 25.5 Å². The molecular weight excluding hydrogens is 299 g/mol. The van der Waals surface area contributed by atoms with E-state index in [0.717, 1.165) is 5.56 Å². The van der Waals surface area contributed by atoms with Crippen molar-refractivity contribution < 1.29 is 9.53 Å². The van der Waals surface area contributed by atoms with Crippen molar-refractivity contribution in [3.8, 4) is 0 Å². The Labute approximate surface area is 128 Å². The third kappa shape index (κ3) is 3.44. The molecule has 0 unspecified atom stereocenters. The Morgan fingerprint density at radius 3 is 2.70 bits per heavy atom. The SMILES string of the molecule is CC(C)(N)C(=O)N1CCO[C@H](c2ccc(Cl)c(Cl)c2)C1. The zero-order valence-electron chi connectivity index (χ0n) is 11.5. The Balaban J connectivity index is 2.14. The molecule has 0 bridgehead atoms. The molecule has 1 fully saturated rings. The van der Waals surface area contributed by atoms with E-state index in [0.29, 0.717) is 29.7 Å². The molecule has 110 valence electrons. The number of nitrogens with zero attached hydrogens (tertiary/aromatic N) is 1. The van der Waals surface area contributed by atoms with E-state index in [1.807, 2.05) is 6.07 Å². The van der Waals surface area contributed by atoms with Gasteiger partial charge >= 0.3 is 0 Å². The van der Waals surface area contributed by atoms with Crippen molar-refractivity contribution >= 4 is 29.1 Å². The predicted molar refractivity (Wildman–Crippen MR) is 80.0 cm³/mol. The van der Waals surface area contributed by atoms with Gasteiger partial charge in [-0.15, -0.1) is 0 Å². The second-order valence-electron chi connectivity index (χ2n) is 5.51. The molecule has 1 aliphatic heterocycles. The van der Waals surface area contributed by atoms with E-state index in [1.54, 1.807) is 30.9 Å². The zero-order valence-corrected chi connectivity index (χ0v) is 13.0. The highest BCUT2D eigenvalue weighted by Gasteiger charge is 2.32. The Bertz CT molecular complexity index is 514. The molecule has 20 heavy (non-hydrogen) atoms. The van der Waals surface area contributed by atoms with Gasteiger partial charge in [0.05, 0.1) is 28.7 Å². The van der Waals surface area contributed by atoms with E-state index in [2.05, 4.69) is 0 Å². The van der Waals surface area contributed by atoms with Gasteiger partial charge in [0.2, 0.25) is 5.91 Å². The molecule has 1 amide bonds. The summed E-state index contributed by atoms with van der Waals surface area (Å²) in [5.41, 5.74) is 5.90. The number of hydrogen-bond acceptors (Lipinski definition) is 3. The number of amides is 1. The maximum absolute atomic E-state index is 12.2. The minimum Gasteiger partial charge on any atom is -0.370 e. The smallest absolute Gasteiger partial charge is 0.242 e. The zero-order chi connectivity index (χ0) is 14.9. The molecule has 2 N–H and O–H groups in total. The van der Waals surface area contributed by atoms with Gasteiger partial charge in [-0.1, -0.05) is 29.3 Å². The van der Waals surface area contributed by atoms with Gasteiger partial charge < -0.3 is 15.4 Å². The minimum absolute atomic E-state index is 0.0779. The molecule has 1 aromatic carbocycles. The fraction of sp³-hybridized carbons (Fsp3) is 0.500. The standard InChI is InChI=1S/C14H18Cl2N2O2/c1-14(2,17)13(19)18-5-6-20-12(8-18)9-3-4-10(15)11(16)7-9/h3-4,7,12H,5-6,8,17H2,1-2H3/t12-/m0/s1. The highest BCUT2D eigenvalue weighted by atomic mass is 35.5. The van der Waals surface area contributed by atoms with Crippen LogP contribution in [0.4, 0.5) is 0 Å². The first-order chi connectivity index (χ1) is 9.29. The molecule has 2 rings (SSSR count). The van der Waals surface area contributed by atoms with Crippen LogP contribution in [0.5, 0.6) is 0 Å². The van der Waals surface area contributed by atoms with Crippen LogP contribution in [0.3, 0.4) is 0 Å². The van der Waals surface area contributed by atoms with Crippen LogP contribution >= 0.6 is 23.2 Å². The fourth-order valence-corrected chi connectivity index (χ4v) is 2.46. The number of carbonyl (C=O) groups excluding carboxylic acids is 1. The van der Waals surface area contributed by atoms with E-state index >= 15 is 0 Å². The van der Waals surface area contributed by atoms with Gasteiger partial charge in [-0.05, 0) is 31.5 Å². The molecule has 4 nitrogen and oxygen atoms in total. The van der Waals surface area contributed by atoms with E-state index in [-0.39, 0.29) is 12.0 Å². The molecule has 1 aromatic rings. The maximum atomic E-state index is 12.2. The van der Waals surface area contributed by atoms with Crippen molar-refractivity contribution in [1.29, 1.82) is 0 Å². The highest BCUT2D eigenvalue weighted by Crippen LogP contribution is 2.29. The van der Waals surface area contributed by atoms with Crippen LogP contribution in [0.25, 0.3) is 0 Å².